The molecule has 0 saturated carbocycles. The summed E-state index contributed by atoms with van der Waals surface area (Å²) < 4.78 is 146. The number of carbonyl (C=O) groups excluding carboxylic acids is 1. The molecular weight excluding hydrogens is 543 g/mol. The third kappa shape index (κ3) is 5.74. The second kappa shape index (κ2) is 9.71. The van der Waals surface area contributed by atoms with Crippen LogP contribution in [0.4, 0.5) is 39.5 Å². The average Bonchev–Trinajstić information content (AvgIpc) is 2.71. The van der Waals surface area contributed by atoms with Crippen molar-refractivity contribution in [2.24, 2.45) is 0 Å². The monoisotopic (exact) mass is 556 g/mol. The lowest BCUT2D eigenvalue weighted by molar-refractivity contribution is -0.382. The maximum atomic E-state index is 14.0. The molecule has 0 N–H and O–H groups in total. The van der Waals surface area contributed by atoms with E-state index >= 15 is 0 Å². The van der Waals surface area contributed by atoms with E-state index in [4.69, 9.17) is 10.5 Å². The van der Waals surface area contributed by atoms with Crippen LogP contribution >= 0.6 is 10.3 Å². The number of allylic oxidation sites excluding steroid dienone is 1. The highest BCUT2D eigenvalue weighted by atomic mass is 32.3. The molecule has 1 aromatic carbocycles. The van der Waals surface area contributed by atoms with Crippen LogP contribution in [-0.4, -0.2) is 55.7 Å². The van der Waals surface area contributed by atoms with Crippen LogP contribution in [0.25, 0.3) is 0 Å². The topological polar surface area (TPSA) is 108 Å². The van der Waals surface area contributed by atoms with Gasteiger partial charge in [-0.25, -0.2) is 3.63 Å². The Morgan fingerprint density at radius 2 is 1.34 bits per heavy atom. The van der Waals surface area contributed by atoms with E-state index in [1.807, 2.05) is 0 Å². The summed E-state index contributed by atoms with van der Waals surface area (Å²) in [4.78, 5) is 12.7. The minimum atomic E-state index is -7.50. The summed E-state index contributed by atoms with van der Waals surface area (Å²) in [6.07, 6.45) is -5.97. The number of benzene rings is 1. The van der Waals surface area contributed by atoms with Gasteiger partial charge in [-0.2, -0.15) is 58.5 Å². The molecule has 0 aliphatic carbocycles. The van der Waals surface area contributed by atoms with Gasteiger partial charge in [-0.3, -0.25) is 4.79 Å². The largest absolute Gasteiger partial charge is 0.460 e. The number of nitrogens with zero attached hydrogens (tertiary/aromatic N) is 2. The average molecular weight is 556 g/mol. The highest BCUT2D eigenvalue weighted by Crippen LogP contribution is 2.57. The van der Waals surface area contributed by atoms with Gasteiger partial charge in [0.1, 0.15) is 17.7 Å². The number of alkyl halides is 9. The van der Waals surface area contributed by atoms with Gasteiger partial charge in [-0.15, -0.1) is 10.3 Å². The van der Waals surface area contributed by atoms with Crippen LogP contribution in [0.15, 0.2) is 41.5 Å². The second-order valence-electron chi connectivity index (χ2n) is 7.04. The van der Waals surface area contributed by atoms with Crippen molar-refractivity contribution < 1.29 is 56.4 Å². The van der Waals surface area contributed by atoms with Crippen LogP contribution in [0.1, 0.15) is 10.4 Å². The Morgan fingerprint density at radius 1 is 0.886 bits per heavy atom. The quantitative estimate of drug-likeness (QED) is 0.184. The normalized spacial score (nSPS) is 14.0. The Bertz CT molecular complexity index is 1180. The molecule has 35 heavy (non-hydrogen) atoms. The third-order valence-electron chi connectivity index (χ3n) is 4.03. The molecular formula is C18H13F9N2O4S2. The van der Waals surface area contributed by atoms with Crippen molar-refractivity contribution in [1.82, 2.24) is 0 Å². The molecule has 0 unspecified atom stereocenters. The van der Waals surface area contributed by atoms with Crippen LogP contribution < -0.4 is 0 Å². The van der Waals surface area contributed by atoms with Gasteiger partial charge < -0.3 is 0 Å². The van der Waals surface area contributed by atoms with Gasteiger partial charge in [-0.1, -0.05) is 30.3 Å². The van der Waals surface area contributed by atoms with Gasteiger partial charge in [0.2, 0.25) is 0 Å². The lowest BCUT2D eigenvalue weighted by Gasteiger charge is -2.36. The lowest BCUT2D eigenvalue weighted by atomic mass is 10.0. The molecule has 194 valence electrons. The second-order valence-corrected chi connectivity index (χ2v) is 12.2. The smallest absolute Gasteiger partial charge is 0.289 e. The number of ketones is 1. The van der Waals surface area contributed by atoms with Crippen molar-refractivity contribution in [1.29, 1.82) is 10.5 Å². The first-order valence-corrected chi connectivity index (χ1v) is 12.5. The molecule has 6 nitrogen and oxygen atoms in total. The molecule has 0 radical (unpaired) electrons. The van der Waals surface area contributed by atoms with Crippen molar-refractivity contribution in [2.75, 3.05) is 18.3 Å². The summed E-state index contributed by atoms with van der Waals surface area (Å²) in [5, 5.41) is 11.1. The van der Waals surface area contributed by atoms with E-state index in [-0.39, 0.29) is 5.56 Å². The Kier molecular flexibility index (Phi) is 8.40. The fourth-order valence-corrected chi connectivity index (χ4v) is 6.24. The zero-order valence-electron chi connectivity index (χ0n) is 17.3. The first kappa shape index (κ1) is 30.3. The number of nitriles is 2. The summed E-state index contributed by atoms with van der Waals surface area (Å²) >= 11 is 0. The highest BCUT2D eigenvalue weighted by molar-refractivity contribution is 8.32. The Labute approximate surface area is 194 Å². The SMILES string of the molecule is CS(C)(CC(C(=O)c1ccccc1)=C(C#N)C#N)OS(=O)(=O)C(F)(F)C(F)(F)C(F)(F)C(F)(F)F. The number of hydrogen-bond acceptors (Lipinski definition) is 6. The van der Waals surface area contributed by atoms with Crippen molar-refractivity contribution in [3.05, 3.63) is 47.0 Å². The molecule has 0 spiro atoms. The van der Waals surface area contributed by atoms with E-state index < -0.39 is 66.4 Å². The zero-order valence-corrected chi connectivity index (χ0v) is 19.0. The number of rotatable bonds is 9. The molecule has 0 aliphatic heterocycles. The number of hydrogen-bond donors (Lipinski definition) is 0. The predicted molar refractivity (Wildman–Crippen MR) is 104 cm³/mol. The molecule has 0 aliphatic rings. The molecule has 0 fully saturated rings. The van der Waals surface area contributed by atoms with E-state index in [1.165, 1.54) is 42.5 Å². The van der Waals surface area contributed by atoms with Gasteiger partial charge in [0.25, 0.3) is 0 Å². The van der Waals surface area contributed by atoms with Crippen molar-refractivity contribution in [3.63, 3.8) is 0 Å². The minimum Gasteiger partial charge on any atom is -0.289 e. The maximum Gasteiger partial charge on any atom is 0.460 e. The number of halogens is 9. The molecule has 1 rings (SSSR count). The maximum absolute atomic E-state index is 14.0. The highest BCUT2D eigenvalue weighted by Gasteiger charge is 2.86. The first-order valence-electron chi connectivity index (χ1n) is 8.59. The van der Waals surface area contributed by atoms with Gasteiger partial charge >= 0.3 is 33.4 Å². The van der Waals surface area contributed by atoms with Crippen molar-refractivity contribution in [2.45, 2.75) is 23.3 Å². The molecule has 0 heterocycles. The summed E-state index contributed by atoms with van der Waals surface area (Å²) in [6, 6.07) is 9.09. The van der Waals surface area contributed by atoms with Crippen LogP contribution in [-0.2, 0) is 13.7 Å². The van der Waals surface area contributed by atoms with Crippen LogP contribution in [0.2, 0.25) is 0 Å². The van der Waals surface area contributed by atoms with E-state index in [0.29, 0.717) is 12.5 Å². The van der Waals surface area contributed by atoms with Gasteiger partial charge in [0, 0.05) is 16.9 Å². The van der Waals surface area contributed by atoms with E-state index in [0.717, 1.165) is 0 Å². The first-order chi connectivity index (χ1) is 15.6. The van der Waals surface area contributed by atoms with Crippen molar-refractivity contribution >= 4 is 26.2 Å². The number of Topliss-reactive ketones (excluding diaryl/α,β-unsaturated/α-hetero) is 1. The fourth-order valence-electron chi connectivity index (χ4n) is 2.35. The minimum absolute atomic E-state index is 0.176. The van der Waals surface area contributed by atoms with Crippen LogP contribution in [0, 0.1) is 22.7 Å². The zero-order chi connectivity index (χ0) is 27.7. The Morgan fingerprint density at radius 3 is 1.74 bits per heavy atom. The molecule has 0 bridgehead atoms. The molecule has 0 aromatic heterocycles. The molecule has 0 atom stereocenters. The Hall–Kier alpha value is -2.76. The van der Waals surface area contributed by atoms with E-state index in [9.17, 15) is 52.7 Å². The summed E-state index contributed by atoms with van der Waals surface area (Å²) in [6.45, 7) is 0. The molecule has 0 saturated heterocycles. The molecule has 0 amide bonds. The van der Waals surface area contributed by atoms with Crippen LogP contribution in [0.5, 0.6) is 0 Å². The molecule has 1 aromatic rings. The summed E-state index contributed by atoms with van der Waals surface area (Å²) in [5.74, 6) is -17.2. The van der Waals surface area contributed by atoms with Crippen molar-refractivity contribution in [3.8, 4) is 12.1 Å². The fraction of sp³-hybridized carbons (Fsp3) is 0.389. The van der Waals surface area contributed by atoms with Gasteiger partial charge in [-0.05, 0) is 12.5 Å². The van der Waals surface area contributed by atoms with Gasteiger partial charge in [0.15, 0.2) is 5.78 Å². The molecule has 17 heteroatoms. The van der Waals surface area contributed by atoms with Gasteiger partial charge in [0.05, 0.1) is 0 Å². The predicted octanol–water partition coefficient (Wildman–Crippen LogP) is 4.96. The Balaban J connectivity index is 3.49. The standard InChI is InChI=1S/C18H13F9N2O4S2/c1-34(2,10-13(12(8-28)9-29)14(30)11-6-4-3-5-7-11)33-35(31,32)18(26,27)16(21,22)15(19,20)17(23,24)25/h3-7H,10H2,1-2H3. The number of carbonyl (C=O) groups is 1. The van der Waals surface area contributed by atoms with E-state index in [2.05, 4.69) is 3.63 Å². The third-order valence-corrected chi connectivity index (χ3v) is 8.09. The summed E-state index contributed by atoms with van der Waals surface area (Å²) in [7, 11) is -11.0. The lowest BCUT2D eigenvalue weighted by Crippen LogP contribution is -2.63. The van der Waals surface area contributed by atoms with E-state index in [1.54, 1.807) is 0 Å². The summed E-state index contributed by atoms with van der Waals surface area (Å²) in [5.41, 5.74) is -1.92. The van der Waals surface area contributed by atoms with Crippen LogP contribution in [0.3, 0.4) is 0 Å².